The summed E-state index contributed by atoms with van der Waals surface area (Å²) in [6.45, 7) is 1.77. The standard InChI is InChI=1S/C19H18N4S/c1-22(13-19-21-17-4-2-3-5-18(17)24-19)12-15-6-8-16(9-7-15)23-11-10-20-14-23/h2-11,14H,12-13H2,1H3. The maximum atomic E-state index is 4.71. The molecule has 120 valence electrons. The largest absolute Gasteiger partial charge is 0.306 e. The van der Waals surface area contributed by atoms with E-state index >= 15 is 0 Å². The monoisotopic (exact) mass is 334 g/mol. The SMILES string of the molecule is CN(Cc1ccc(-n2ccnc2)cc1)Cc1nc2ccccc2s1. The molecule has 0 radical (unpaired) electrons. The minimum absolute atomic E-state index is 0.864. The number of rotatable bonds is 5. The van der Waals surface area contributed by atoms with Crippen molar-refractivity contribution in [3.8, 4) is 5.69 Å². The highest BCUT2D eigenvalue weighted by molar-refractivity contribution is 7.18. The lowest BCUT2D eigenvalue weighted by molar-refractivity contribution is 0.319. The number of fused-ring (bicyclic) bond motifs is 1. The molecule has 4 nitrogen and oxygen atoms in total. The Bertz CT molecular complexity index is 893. The second kappa shape index (κ2) is 6.55. The fraction of sp³-hybridized carbons (Fsp3) is 0.158. The van der Waals surface area contributed by atoms with E-state index < -0.39 is 0 Å². The third-order valence-corrected chi connectivity index (χ3v) is 4.96. The first kappa shape index (κ1) is 15.1. The van der Waals surface area contributed by atoms with Crippen LogP contribution in [0.4, 0.5) is 0 Å². The van der Waals surface area contributed by atoms with Crippen LogP contribution in [0.2, 0.25) is 0 Å². The summed E-state index contributed by atoms with van der Waals surface area (Å²) < 4.78 is 3.26. The summed E-state index contributed by atoms with van der Waals surface area (Å²) in [7, 11) is 2.13. The van der Waals surface area contributed by atoms with Gasteiger partial charge in [0.05, 0.1) is 23.1 Å². The second-order valence-electron chi connectivity index (χ2n) is 5.88. The Kier molecular flexibility index (Phi) is 4.11. The van der Waals surface area contributed by atoms with Crippen LogP contribution in [0.1, 0.15) is 10.6 Å². The minimum atomic E-state index is 0.864. The third-order valence-electron chi connectivity index (χ3n) is 3.93. The average molecular weight is 334 g/mol. The van der Waals surface area contributed by atoms with Gasteiger partial charge in [-0.15, -0.1) is 11.3 Å². The molecular formula is C19H18N4S. The van der Waals surface area contributed by atoms with E-state index in [0.29, 0.717) is 0 Å². The second-order valence-corrected chi connectivity index (χ2v) is 7.00. The van der Waals surface area contributed by atoms with Crippen molar-refractivity contribution in [1.82, 2.24) is 19.4 Å². The van der Waals surface area contributed by atoms with E-state index in [2.05, 4.69) is 59.4 Å². The first-order valence-corrected chi connectivity index (χ1v) is 8.70. The number of para-hydroxylation sites is 1. The summed E-state index contributed by atoms with van der Waals surface area (Å²) in [6, 6.07) is 16.9. The fourth-order valence-corrected chi connectivity index (χ4v) is 3.82. The summed E-state index contributed by atoms with van der Waals surface area (Å²) in [5.41, 5.74) is 3.52. The maximum Gasteiger partial charge on any atom is 0.108 e. The van der Waals surface area contributed by atoms with Gasteiger partial charge in [0.2, 0.25) is 0 Å². The van der Waals surface area contributed by atoms with Gasteiger partial charge >= 0.3 is 0 Å². The van der Waals surface area contributed by atoms with Gasteiger partial charge in [-0.05, 0) is 36.9 Å². The van der Waals surface area contributed by atoms with Gasteiger partial charge in [-0.1, -0.05) is 24.3 Å². The fourth-order valence-electron chi connectivity index (χ4n) is 2.77. The molecule has 0 amide bonds. The lowest BCUT2D eigenvalue weighted by atomic mass is 10.2. The Morgan fingerprint density at radius 3 is 2.62 bits per heavy atom. The van der Waals surface area contributed by atoms with Gasteiger partial charge in [0.25, 0.3) is 0 Å². The molecule has 24 heavy (non-hydrogen) atoms. The van der Waals surface area contributed by atoms with E-state index in [0.717, 1.165) is 29.3 Å². The number of hydrogen-bond donors (Lipinski definition) is 0. The van der Waals surface area contributed by atoms with Gasteiger partial charge in [0.15, 0.2) is 0 Å². The Morgan fingerprint density at radius 2 is 1.88 bits per heavy atom. The molecule has 4 rings (SSSR count). The van der Waals surface area contributed by atoms with Crippen molar-refractivity contribution in [3.63, 3.8) is 0 Å². The zero-order valence-corrected chi connectivity index (χ0v) is 14.3. The smallest absolute Gasteiger partial charge is 0.108 e. The summed E-state index contributed by atoms with van der Waals surface area (Å²) >= 11 is 1.77. The van der Waals surface area contributed by atoms with Crippen molar-refractivity contribution >= 4 is 21.6 Å². The van der Waals surface area contributed by atoms with Crippen molar-refractivity contribution in [3.05, 3.63) is 77.8 Å². The van der Waals surface area contributed by atoms with Gasteiger partial charge in [-0.25, -0.2) is 9.97 Å². The van der Waals surface area contributed by atoms with Gasteiger partial charge in [0.1, 0.15) is 5.01 Å². The predicted molar refractivity (Wildman–Crippen MR) is 98.4 cm³/mol. The summed E-state index contributed by atoms with van der Waals surface area (Å²) in [5.74, 6) is 0. The van der Waals surface area contributed by atoms with Crippen LogP contribution in [-0.2, 0) is 13.1 Å². The summed E-state index contributed by atoms with van der Waals surface area (Å²) in [4.78, 5) is 11.1. The molecule has 0 unspecified atom stereocenters. The first-order chi connectivity index (χ1) is 11.8. The Labute approximate surface area is 145 Å². The van der Waals surface area contributed by atoms with Crippen LogP contribution in [-0.4, -0.2) is 26.5 Å². The molecular weight excluding hydrogens is 316 g/mol. The maximum absolute atomic E-state index is 4.71. The van der Waals surface area contributed by atoms with Crippen LogP contribution in [0, 0.1) is 0 Å². The molecule has 2 aromatic heterocycles. The Hall–Kier alpha value is -2.50. The van der Waals surface area contributed by atoms with Crippen LogP contribution in [0.5, 0.6) is 0 Å². The Balaban J connectivity index is 1.42. The number of nitrogens with zero attached hydrogens (tertiary/aromatic N) is 4. The number of hydrogen-bond acceptors (Lipinski definition) is 4. The van der Waals surface area contributed by atoms with Gasteiger partial charge in [-0.2, -0.15) is 0 Å². The van der Waals surface area contributed by atoms with Crippen molar-refractivity contribution in [2.24, 2.45) is 0 Å². The summed E-state index contributed by atoms with van der Waals surface area (Å²) in [6.07, 6.45) is 5.56. The van der Waals surface area contributed by atoms with Crippen LogP contribution in [0.15, 0.2) is 67.3 Å². The highest BCUT2D eigenvalue weighted by Gasteiger charge is 2.07. The van der Waals surface area contributed by atoms with Crippen LogP contribution in [0.25, 0.3) is 15.9 Å². The molecule has 0 aliphatic rings. The molecule has 0 atom stereocenters. The van der Waals surface area contributed by atoms with Crippen LogP contribution >= 0.6 is 11.3 Å². The van der Waals surface area contributed by atoms with Crippen molar-refractivity contribution < 1.29 is 0 Å². The zero-order valence-electron chi connectivity index (χ0n) is 13.5. The van der Waals surface area contributed by atoms with Gasteiger partial charge < -0.3 is 4.57 Å². The molecule has 0 saturated heterocycles. The molecule has 0 saturated carbocycles. The molecule has 0 bridgehead atoms. The molecule has 0 fully saturated rings. The lowest BCUT2D eigenvalue weighted by Crippen LogP contribution is -2.17. The quantitative estimate of drug-likeness (QED) is 0.551. The molecule has 5 heteroatoms. The highest BCUT2D eigenvalue weighted by Crippen LogP contribution is 2.22. The van der Waals surface area contributed by atoms with Crippen molar-refractivity contribution in [2.75, 3.05) is 7.05 Å². The minimum Gasteiger partial charge on any atom is -0.306 e. The Morgan fingerprint density at radius 1 is 1.04 bits per heavy atom. The normalized spacial score (nSPS) is 11.4. The number of benzene rings is 2. The van der Waals surface area contributed by atoms with Gasteiger partial charge in [-0.3, -0.25) is 4.90 Å². The molecule has 2 heterocycles. The van der Waals surface area contributed by atoms with E-state index in [4.69, 9.17) is 4.98 Å². The molecule has 0 aliphatic heterocycles. The van der Waals surface area contributed by atoms with E-state index in [1.54, 1.807) is 17.5 Å². The number of aromatic nitrogens is 3. The van der Waals surface area contributed by atoms with Crippen LogP contribution < -0.4 is 0 Å². The predicted octanol–water partition coefficient (Wildman–Crippen LogP) is 4.11. The first-order valence-electron chi connectivity index (χ1n) is 7.88. The molecule has 0 aliphatic carbocycles. The summed E-state index contributed by atoms with van der Waals surface area (Å²) in [5, 5.41) is 1.16. The highest BCUT2D eigenvalue weighted by atomic mass is 32.1. The lowest BCUT2D eigenvalue weighted by Gasteiger charge is -2.15. The molecule has 0 N–H and O–H groups in total. The van der Waals surface area contributed by atoms with E-state index in [1.165, 1.54) is 10.3 Å². The molecule has 2 aromatic carbocycles. The number of imidazole rings is 1. The third kappa shape index (κ3) is 3.22. The zero-order chi connectivity index (χ0) is 16.4. The van der Waals surface area contributed by atoms with E-state index in [9.17, 15) is 0 Å². The topological polar surface area (TPSA) is 34.0 Å². The van der Waals surface area contributed by atoms with E-state index in [1.807, 2.05) is 23.2 Å². The van der Waals surface area contributed by atoms with Crippen molar-refractivity contribution in [1.29, 1.82) is 0 Å². The number of thiazole rings is 1. The van der Waals surface area contributed by atoms with Crippen molar-refractivity contribution in [2.45, 2.75) is 13.1 Å². The van der Waals surface area contributed by atoms with Crippen LogP contribution in [0.3, 0.4) is 0 Å². The molecule has 4 aromatic rings. The average Bonchev–Trinajstić information content (AvgIpc) is 3.24. The van der Waals surface area contributed by atoms with E-state index in [-0.39, 0.29) is 0 Å². The molecule has 0 spiro atoms. The van der Waals surface area contributed by atoms with Gasteiger partial charge in [0, 0.05) is 24.6 Å².